The molecule has 3 aromatic rings. The zero-order chi connectivity index (χ0) is 11.5. The van der Waals surface area contributed by atoms with E-state index >= 15 is 0 Å². The predicted molar refractivity (Wildman–Crippen MR) is 67.4 cm³/mol. The molecular weight excluding hydrogens is 210 g/mol. The van der Waals surface area contributed by atoms with Crippen molar-refractivity contribution in [2.24, 2.45) is 0 Å². The first-order valence-corrected chi connectivity index (χ1v) is 5.48. The van der Waals surface area contributed by atoms with Crippen LogP contribution < -0.4 is 0 Å². The summed E-state index contributed by atoms with van der Waals surface area (Å²) in [6.45, 7) is 0. The lowest BCUT2D eigenvalue weighted by atomic mass is 10.0. The van der Waals surface area contributed by atoms with Crippen molar-refractivity contribution in [1.29, 1.82) is 0 Å². The first-order chi connectivity index (χ1) is 8.45. The van der Waals surface area contributed by atoms with E-state index in [2.05, 4.69) is 17.1 Å². The lowest BCUT2D eigenvalue weighted by Gasteiger charge is -2.01. The molecule has 0 N–H and O–H groups in total. The summed E-state index contributed by atoms with van der Waals surface area (Å²) < 4.78 is 5.31. The highest BCUT2D eigenvalue weighted by molar-refractivity contribution is 5.80. The minimum Gasteiger partial charge on any atom is -0.471 e. The second kappa shape index (κ2) is 4.26. The zero-order valence-electron chi connectivity index (χ0n) is 9.21. The van der Waals surface area contributed by atoms with Crippen LogP contribution in [0.2, 0.25) is 0 Å². The Morgan fingerprint density at radius 2 is 1.53 bits per heavy atom. The smallest absolute Gasteiger partial charge is 0.100 e. The number of rotatable bonds is 2. The number of furan rings is 1. The van der Waals surface area contributed by atoms with Gasteiger partial charge in [0.05, 0.1) is 12.0 Å². The molecule has 0 aliphatic rings. The molecule has 0 radical (unpaired) electrons. The third kappa shape index (κ3) is 1.85. The number of benzene rings is 1. The van der Waals surface area contributed by atoms with Gasteiger partial charge in [-0.3, -0.25) is 4.98 Å². The van der Waals surface area contributed by atoms with Gasteiger partial charge in [-0.15, -0.1) is 0 Å². The summed E-state index contributed by atoms with van der Waals surface area (Å²) >= 11 is 0. The van der Waals surface area contributed by atoms with Crippen LogP contribution in [-0.2, 0) is 0 Å². The molecule has 3 rings (SSSR count). The molecule has 2 heterocycles. The molecule has 0 saturated carbocycles. The minimum absolute atomic E-state index is 0.931. The van der Waals surface area contributed by atoms with E-state index in [9.17, 15) is 0 Å². The summed E-state index contributed by atoms with van der Waals surface area (Å²) in [4.78, 5) is 4.35. The third-order valence-corrected chi connectivity index (χ3v) is 2.69. The highest BCUT2D eigenvalue weighted by Gasteiger charge is 2.09. The number of hydrogen-bond donors (Lipinski definition) is 0. The first kappa shape index (κ1) is 9.85. The van der Waals surface area contributed by atoms with E-state index in [1.807, 2.05) is 36.4 Å². The van der Waals surface area contributed by atoms with Crippen molar-refractivity contribution in [3.63, 3.8) is 0 Å². The monoisotopic (exact) mass is 221 g/mol. The summed E-state index contributed by atoms with van der Waals surface area (Å²) in [6, 6.07) is 16.0. The number of pyridine rings is 1. The molecule has 17 heavy (non-hydrogen) atoms. The van der Waals surface area contributed by atoms with Gasteiger partial charge < -0.3 is 4.42 Å². The van der Waals surface area contributed by atoms with E-state index in [1.54, 1.807) is 18.7 Å². The van der Waals surface area contributed by atoms with Crippen LogP contribution in [0, 0.1) is 0 Å². The number of aromatic nitrogens is 1. The summed E-state index contributed by atoms with van der Waals surface area (Å²) in [5.74, 6) is 0. The van der Waals surface area contributed by atoms with Gasteiger partial charge in [0.1, 0.15) is 6.26 Å². The molecule has 0 amide bonds. The predicted octanol–water partition coefficient (Wildman–Crippen LogP) is 4.01. The van der Waals surface area contributed by atoms with Gasteiger partial charge in [0.15, 0.2) is 0 Å². The van der Waals surface area contributed by atoms with E-state index in [1.165, 1.54) is 0 Å². The summed E-state index contributed by atoms with van der Waals surface area (Å²) in [6.07, 6.45) is 5.29. The lowest BCUT2D eigenvalue weighted by molar-refractivity contribution is 0.569. The van der Waals surface area contributed by atoms with Crippen LogP contribution in [0.5, 0.6) is 0 Å². The van der Waals surface area contributed by atoms with Crippen molar-refractivity contribution in [3.05, 3.63) is 67.3 Å². The topological polar surface area (TPSA) is 26.0 Å². The van der Waals surface area contributed by atoms with E-state index < -0.39 is 0 Å². The van der Waals surface area contributed by atoms with Crippen LogP contribution in [0.15, 0.2) is 71.7 Å². The molecule has 2 nitrogen and oxygen atoms in total. The first-order valence-electron chi connectivity index (χ1n) is 5.48. The van der Waals surface area contributed by atoms with Crippen LogP contribution >= 0.6 is 0 Å². The van der Waals surface area contributed by atoms with Gasteiger partial charge in [0.25, 0.3) is 0 Å². The summed E-state index contributed by atoms with van der Waals surface area (Å²) in [7, 11) is 0. The standard InChI is InChI=1S/C15H11NO/c1-2-6-12(7-3-1)13-10-17-11-14(13)15-8-4-5-9-16-15/h1-11H. The maximum absolute atomic E-state index is 5.31. The van der Waals surface area contributed by atoms with E-state index in [0.29, 0.717) is 0 Å². The maximum atomic E-state index is 5.31. The zero-order valence-corrected chi connectivity index (χ0v) is 9.21. The van der Waals surface area contributed by atoms with Crippen molar-refractivity contribution in [2.75, 3.05) is 0 Å². The van der Waals surface area contributed by atoms with Crippen LogP contribution in [0.3, 0.4) is 0 Å². The average Bonchev–Trinajstić information content (AvgIpc) is 2.90. The molecule has 0 saturated heterocycles. The number of nitrogens with zero attached hydrogens (tertiary/aromatic N) is 1. The van der Waals surface area contributed by atoms with Crippen molar-refractivity contribution in [1.82, 2.24) is 4.98 Å². The Labute approximate surface area is 99.6 Å². The lowest BCUT2D eigenvalue weighted by Crippen LogP contribution is -1.82. The van der Waals surface area contributed by atoms with Gasteiger partial charge >= 0.3 is 0 Å². The van der Waals surface area contributed by atoms with E-state index in [-0.39, 0.29) is 0 Å². The van der Waals surface area contributed by atoms with Crippen molar-refractivity contribution < 1.29 is 4.42 Å². The molecule has 82 valence electrons. The summed E-state index contributed by atoms with van der Waals surface area (Å²) in [5.41, 5.74) is 4.17. The fraction of sp³-hybridized carbons (Fsp3) is 0. The highest BCUT2D eigenvalue weighted by atomic mass is 16.3. The Morgan fingerprint density at radius 3 is 2.29 bits per heavy atom. The Balaban J connectivity index is 2.13. The van der Waals surface area contributed by atoms with Gasteiger partial charge in [-0.05, 0) is 17.7 Å². The van der Waals surface area contributed by atoms with Gasteiger partial charge in [-0.25, -0.2) is 0 Å². The fourth-order valence-electron chi connectivity index (χ4n) is 1.86. The van der Waals surface area contributed by atoms with Crippen molar-refractivity contribution in [3.8, 4) is 22.4 Å². The normalized spacial score (nSPS) is 10.4. The Kier molecular flexibility index (Phi) is 2.47. The largest absolute Gasteiger partial charge is 0.471 e. The van der Waals surface area contributed by atoms with Crippen LogP contribution in [0.25, 0.3) is 22.4 Å². The Hall–Kier alpha value is -2.35. The van der Waals surface area contributed by atoms with Crippen molar-refractivity contribution in [2.45, 2.75) is 0 Å². The molecule has 0 atom stereocenters. The molecule has 0 aliphatic carbocycles. The van der Waals surface area contributed by atoms with Crippen molar-refractivity contribution >= 4 is 0 Å². The minimum atomic E-state index is 0.931. The maximum Gasteiger partial charge on any atom is 0.100 e. The third-order valence-electron chi connectivity index (χ3n) is 2.69. The Bertz CT molecular complexity index is 545. The molecule has 0 spiro atoms. The second-order valence-corrected chi connectivity index (χ2v) is 3.78. The highest BCUT2D eigenvalue weighted by Crippen LogP contribution is 2.31. The molecule has 0 aliphatic heterocycles. The van der Waals surface area contributed by atoms with Gasteiger partial charge in [0, 0.05) is 17.3 Å². The average molecular weight is 221 g/mol. The molecule has 2 aromatic heterocycles. The van der Waals surface area contributed by atoms with E-state index in [0.717, 1.165) is 22.4 Å². The molecular formula is C15H11NO. The molecule has 0 bridgehead atoms. The second-order valence-electron chi connectivity index (χ2n) is 3.78. The SMILES string of the molecule is c1ccc(-c2cocc2-c2ccccn2)cc1. The van der Waals surface area contributed by atoms with Crippen LogP contribution in [-0.4, -0.2) is 4.98 Å². The fourth-order valence-corrected chi connectivity index (χ4v) is 1.86. The van der Waals surface area contributed by atoms with Crippen LogP contribution in [0.4, 0.5) is 0 Å². The molecule has 1 aromatic carbocycles. The molecule has 2 heteroatoms. The molecule has 0 fully saturated rings. The molecule has 0 unspecified atom stereocenters. The van der Waals surface area contributed by atoms with Gasteiger partial charge in [-0.2, -0.15) is 0 Å². The quantitative estimate of drug-likeness (QED) is 0.653. The Morgan fingerprint density at radius 1 is 0.765 bits per heavy atom. The number of hydrogen-bond acceptors (Lipinski definition) is 2. The van der Waals surface area contributed by atoms with Gasteiger partial charge in [0.2, 0.25) is 0 Å². The van der Waals surface area contributed by atoms with Gasteiger partial charge in [-0.1, -0.05) is 36.4 Å². The van der Waals surface area contributed by atoms with Crippen LogP contribution in [0.1, 0.15) is 0 Å². The summed E-state index contributed by atoms with van der Waals surface area (Å²) in [5, 5.41) is 0. The van der Waals surface area contributed by atoms with E-state index in [4.69, 9.17) is 4.42 Å².